The second-order valence-electron chi connectivity index (χ2n) is 7.81. The van der Waals surface area contributed by atoms with Crippen LogP contribution in [-0.4, -0.2) is 74.1 Å². The second kappa shape index (κ2) is 10.6. The van der Waals surface area contributed by atoms with Gasteiger partial charge in [-0.3, -0.25) is 0 Å². The first kappa shape index (κ1) is 19.9. The second-order valence-corrected chi connectivity index (χ2v) is 7.81. The van der Waals surface area contributed by atoms with Gasteiger partial charge in [0.05, 0.1) is 0 Å². The maximum Gasteiger partial charge on any atom is 0.00599 e. The zero-order chi connectivity index (χ0) is 16.4. The Morgan fingerprint density at radius 2 is 1.41 bits per heavy atom. The topological polar surface area (TPSA) is 9.72 Å². The van der Waals surface area contributed by atoms with Crippen molar-refractivity contribution >= 4 is 0 Å². The van der Waals surface area contributed by atoms with Crippen LogP contribution in [-0.2, 0) is 0 Å². The molecule has 0 N–H and O–H groups in total. The van der Waals surface area contributed by atoms with Crippen molar-refractivity contribution in [3.05, 3.63) is 0 Å². The fraction of sp³-hybridized carbons (Fsp3) is 1.00. The average Bonchev–Trinajstić information content (AvgIpc) is 2.91. The van der Waals surface area contributed by atoms with Gasteiger partial charge < -0.3 is 14.7 Å². The Bertz CT molecular complexity index is 270. The van der Waals surface area contributed by atoms with E-state index in [9.17, 15) is 0 Å². The first-order valence-corrected chi connectivity index (χ1v) is 9.66. The summed E-state index contributed by atoms with van der Waals surface area (Å²) < 4.78 is 0. The molecule has 1 saturated heterocycles. The third kappa shape index (κ3) is 7.43. The molecule has 1 unspecified atom stereocenters. The van der Waals surface area contributed by atoms with Gasteiger partial charge in [0.25, 0.3) is 0 Å². The Hall–Kier alpha value is -0.120. The van der Waals surface area contributed by atoms with E-state index in [0.717, 1.165) is 0 Å². The minimum atomic E-state index is 0.387. The summed E-state index contributed by atoms with van der Waals surface area (Å²) in [5.74, 6) is 0. The lowest BCUT2D eigenvalue weighted by molar-refractivity contribution is 0.0827. The molecule has 1 rings (SSSR count). The lowest BCUT2D eigenvalue weighted by Crippen LogP contribution is -2.49. The van der Waals surface area contributed by atoms with E-state index in [-0.39, 0.29) is 0 Å². The molecule has 0 spiro atoms. The molecule has 1 fully saturated rings. The minimum absolute atomic E-state index is 0.387. The van der Waals surface area contributed by atoms with Gasteiger partial charge in [-0.1, -0.05) is 27.7 Å². The monoisotopic (exact) mass is 311 g/mol. The van der Waals surface area contributed by atoms with Crippen molar-refractivity contribution in [1.82, 2.24) is 14.7 Å². The predicted molar refractivity (Wildman–Crippen MR) is 98.6 cm³/mol. The van der Waals surface area contributed by atoms with Crippen LogP contribution in [0.15, 0.2) is 0 Å². The smallest absolute Gasteiger partial charge is 0.00599 e. The molecule has 132 valence electrons. The molecule has 0 aromatic rings. The van der Waals surface area contributed by atoms with Crippen LogP contribution in [0.4, 0.5) is 0 Å². The Morgan fingerprint density at radius 3 is 1.91 bits per heavy atom. The van der Waals surface area contributed by atoms with Crippen LogP contribution in [0.2, 0.25) is 0 Å². The number of nitrogens with zero attached hydrogens (tertiary/aromatic N) is 3. The van der Waals surface area contributed by atoms with Crippen LogP contribution in [0.3, 0.4) is 0 Å². The highest BCUT2D eigenvalue weighted by Gasteiger charge is 2.31. The molecule has 0 radical (unpaired) electrons. The van der Waals surface area contributed by atoms with E-state index in [4.69, 9.17) is 0 Å². The molecular formula is C19H41N3. The molecule has 3 nitrogen and oxygen atoms in total. The lowest BCUT2D eigenvalue weighted by atomic mass is 9.88. The SMILES string of the molecule is CCCN(C)CC(C)(CN(CCC)CCC)CN1CCCC1. The van der Waals surface area contributed by atoms with Crippen LogP contribution in [0.25, 0.3) is 0 Å². The first-order valence-electron chi connectivity index (χ1n) is 9.66. The fourth-order valence-electron chi connectivity index (χ4n) is 4.19. The van der Waals surface area contributed by atoms with Crippen LogP contribution in [0.5, 0.6) is 0 Å². The third-order valence-corrected chi connectivity index (χ3v) is 4.75. The van der Waals surface area contributed by atoms with Gasteiger partial charge in [0, 0.05) is 25.0 Å². The van der Waals surface area contributed by atoms with Gasteiger partial charge in [-0.25, -0.2) is 0 Å². The Kier molecular flexibility index (Phi) is 9.62. The van der Waals surface area contributed by atoms with Gasteiger partial charge in [-0.05, 0) is 71.9 Å². The van der Waals surface area contributed by atoms with Gasteiger partial charge >= 0.3 is 0 Å². The summed E-state index contributed by atoms with van der Waals surface area (Å²) in [4.78, 5) is 7.96. The summed E-state index contributed by atoms with van der Waals surface area (Å²) in [5.41, 5.74) is 0.387. The van der Waals surface area contributed by atoms with Crippen molar-refractivity contribution in [2.75, 3.05) is 59.4 Å². The Labute approximate surface area is 140 Å². The molecule has 1 aliphatic heterocycles. The van der Waals surface area contributed by atoms with Crippen LogP contribution in [0.1, 0.15) is 59.8 Å². The van der Waals surface area contributed by atoms with Crippen molar-refractivity contribution in [2.45, 2.75) is 59.8 Å². The average molecular weight is 312 g/mol. The zero-order valence-corrected chi connectivity index (χ0v) is 16.0. The molecule has 1 heterocycles. The first-order chi connectivity index (χ1) is 10.5. The molecule has 1 atom stereocenters. The Balaban J connectivity index is 2.68. The van der Waals surface area contributed by atoms with Crippen LogP contribution < -0.4 is 0 Å². The normalized spacial score (nSPS) is 19.2. The van der Waals surface area contributed by atoms with E-state index >= 15 is 0 Å². The summed E-state index contributed by atoms with van der Waals surface area (Å²) in [5, 5.41) is 0. The van der Waals surface area contributed by atoms with Gasteiger partial charge in [0.2, 0.25) is 0 Å². The van der Waals surface area contributed by atoms with Crippen molar-refractivity contribution in [3.8, 4) is 0 Å². The molecule has 0 saturated carbocycles. The van der Waals surface area contributed by atoms with Gasteiger partial charge in [-0.15, -0.1) is 0 Å². The van der Waals surface area contributed by atoms with E-state index < -0.39 is 0 Å². The highest BCUT2D eigenvalue weighted by atomic mass is 15.2. The predicted octanol–water partition coefficient (Wildman–Crippen LogP) is 3.55. The summed E-state index contributed by atoms with van der Waals surface area (Å²) >= 11 is 0. The molecule has 0 bridgehead atoms. The Morgan fingerprint density at radius 1 is 0.864 bits per heavy atom. The number of hydrogen-bond acceptors (Lipinski definition) is 3. The molecule has 22 heavy (non-hydrogen) atoms. The molecule has 3 heteroatoms. The van der Waals surface area contributed by atoms with E-state index in [1.807, 2.05) is 0 Å². The molecule has 0 aromatic heterocycles. The minimum Gasteiger partial charge on any atom is -0.306 e. The highest BCUT2D eigenvalue weighted by Crippen LogP contribution is 2.24. The van der Waals surface area contributed by atoms with Gasteiger partial charge in [0.15, 0.2) is 0 Å². The fourth-order valence-corrected chi connectivity index (χ4v) is 4.19. The summed E-state index contributed by atoms with van der Waals surface area (Å²) in [7, 11) is 2.30. The number of likely N-dealkylation sites (tertiary alicyclic amines) is 1. The van der Waals surface area contributed by atoms with Gasteiger partial charge in [0.1, 0.15) is 0 Å². The van der Waals surface area contributed by atoms with Gasteiger partial charge in [-0.2, -0.15) is 0 Å². The van der Waals surface area contributed by atoms with E-state index in [0.29, 0.717) is 5.41 Å². The highest BCUT2D eigenvalue weighted by molar-refractivity contribution is 4.86. The zero-order valence-electron chi connectivity index (χ0n) is 16.0. The van der Waals surface area contributed by atoms with Crippen molar-refractivity contribution in [1.29, 1.82) is 0 Å². The van der Waals surface area contributed by atoms with E-state index in [1.54, 1.807) is 0 Å². The van der Waals surface area contributed by atoms with Crippen molar-refractivity contribution in [2.24, 2.45) is 5.41 Å². The van der Waals surface area contributed by atoms with E-state index in [2.05, 4.69) is 49.4 Å². The standard InChI is InChI=1S/C19H41N3/c1-6-11-20(5)16-19(4,18-22-14-9-10-15-22)17-21(12-7-2)13-8-3/h6-18H2,1-5H3. The summed E-state index contributed by atoms with van der Waals surface area (Å²) in [6.07, 6.45) is 6.59. The molecule has 0 amide bonds. The molecule has 0 aromatic carbocycles. The largest absolute Gasteiger partial charge is 0.306 e. The lowest BCUT2D eigenvalue weighted by Gasteiger charge is -2.40. The number of hydrogen-bond donors (Lipinski definition) is 0. The van der Waals surface area contributed by atoms with Crippen molar-refractivity contribution in [3.63, 3.8) is 0 Å². The third-order valence-electron chi connectivity index (χ3n) is 4.75. The van der Waals surface area contributed by atoms with Crippen LogP contribution >= 0.6 is 0 Å². The molecule has 1 aliphatic rings. The van der Waals surface area contributed by atoms with Crippen LogP contribution in [0, 0.1) is 5.41 Å². The summed E-state index contributed by atoms with van der Waals surface area (Å²) in [6, 6.07) is 0. The quantitative estimate of drug-likeness (QED) is 0.546. The van der Waals surface area contributed by atoms with E-state index in [1.165, 1.54) is 84.5 Å². The maximum atomic E-state index is 2.70. The molecular weight excluding hydrogens is 270 g/mol. The number of rotatable bonds is 12. The van der Waals surface area contributed by atoms with Crippen molar-refractivity contribution < 1.29 is 0 Å². The molecule has 0 aliphatic carbocycles. The summed E-state index contributed by atoms with van der Waals surface area (Å²) in [6.45, 7) is 19.5. The maximum absolute atomic E-state index is 2.70.